The van der Waals surface area contributed by atoms with Gasteiger partial charge < -0.3 is 0 Å². The van der Waals surface area contributed by atoms with Gasteiger partial charge in [0.25, 0.3) is 0 Å². The summed E-state index contributed by atoms with van der Waals surface area (Å²) in [5.74, 6) is 0. The van der Waals surface area contributed by atoms with Crippen LogP contribution in [0.4, 0.5) is 0 Å². The van der Waals surface area contributed by atoms with Crippen LogP contribution in [0.25, 0.3) is 0 Å². The maximum absolute atomic E-state index is 0. The van der Waals surface area contributed by atoms with Crippen molar-refractivity contribution in [2.45, 2.75) is 0 Å². The van der Waals surface area contributed by atoms with E-state index in [2.05, 4.69) is 0 Å². The molecule has 0 fully saturated rings. The Morgan fingerprint density at radius 2 is 0.750 bits per heavy atom. The quantitative estimate of drug-likeness (QED) is 0.419. The van der Waals surface area contributed by atoms with E-state index < -0.39 is 0 Å². The first-order chi connectivity index (χ1) is 0. The summed E-state index contributed by atoms with van der Waals surface area (Å²) in [5.41, 5.74) is 0. The van der Waals surface area contributed by atoms with E-state index in [1.54, 1.807) is 0 Å². The molecule has 2 radical (unpaired) electrons. The van der Waals surface area contributed by atoms with Gasteiger partial charge >= 0.3 is 0 Å². The van der Waals surface area contributed by atoms with Crippen LogP contribution in [0.1, 0.15) is 0 Å². The summed E-state index contributed by atoms with van der Waals surface area (Å²) in [5, 5.41) is 0. The minimum Gasteiger partial charge on any atom is 0 e. The zero-order valence-electron chi connectivity index (χ0n) is 1.25. The Morgan fingerprint density at radius 3 is 0.750 bits per heavy atom. The molecule has 0 aromatic heterocycles. The number of hydrogen-bond acceptors (Lipinski definition) is 0. The molecule has 0 heterocycles. The zero-order chi connectivity index (χ0) is 0. The third-order valence-corrected chi connectivity index (χ3v) is 0. The second-order valence-electron chi connectivity index (χ2n) is 0. The van der Waals surface area contributed by atoms with E-state index in [1.165, 1.54) is 0 Å². The van der Waals surface area contributed by atoms with Crippen LogP contribution < -0.4 is 0 Å². The summed E-state index contributed by atoms with van der Waals surface area (Å²) in [4.78, 5) is 0. The minimum absolute atomic E-state index is 0. The maximum Gasteiger partial charge on any atom is 0.187 e. The molecule has 0 aliphatic carbocycles. The van der Waals surface area contributed by atoms with Crippen molar-refractivity contribution in [1.29, 1.82) is 0 Å². The third-order valence-electron chi connectivity index (χ3n) is 0. The molecule has 0 rings (SSSR count). The zero-order valence-corrected chi connectivity index (χ0v) is 5.15. The fraction of sp³-hybridized carbons (Fsp3) is 0. The van der Waals surface area contributed by atoms with E-state index >= 15 is 0 Å². The normalized spacial score (nSPS) is 0. The van der Waals surface area contributed by atoms with E-state index in [4.69, 9.17) is 0 Å². The summed E-state index contributed by atoms with van der Waals surface area (Å²) in [7, 11) is 0. The Morgan fingerprint density at radius 1 is 0.750 bits per heavy atom. The van der Waals surface area contributed by atoms with Crippen molar-refractivity contribution in [3.8, 4) is 0 Å². The molecule has 0 bridgehead atoms. The molecule has 4 heteroatoms. The molecule has 24 valence electrons. The van der Waals surface area contributed by atoms with Crippen LogP contribution in [0.5, 0.6) is 0 Å². The summed E-state index contributed by atoms with van der Waals surface area (Å²) in [6.45, 7) is 0. The molecular formula is H3AlFeV2. The van der Waals surface area contributed by atoms with Crippen LogP contribution in [0, 0.1) is 0 Å². The van der Waals surface area contributed by atoms with E-state index in [0.717, 1.165) is 0 Å². The van der Waals surface area contributed by atoms with Crippen LogP contribution in [-0.4, -0.2) is 17.4 Å². The molecule has 0 aromatic carbocycles. The predicted molar refractivity (Wildman–Crippen MR) is 9.94 cm³/mol. The predicted octanol–water partition coefficient (Wildman–Crippen LogP) is -1.19. The molecular weight excluding hydrogens is 185 g/mol. The van der Waals surface area contributed by atoms with Gasteiger partial charge in [-0.05, 0) is 0 Å². The molecule has 0 saturated heterocycles. The fourth-order valence-corrected chi connectivity index (χ4v) is 0. The molecule has 4 heavy (non-hydrogen) atoms. The molecule has 0 aliphatic rings. The molecule has 0 nitrogen and oxygen atoms in total. The topological polar surface area (TPSA) is 0 Å². The molecule has 0 atom stereocenters. The van der Waals surface area contributed by atoms with Crippen LogP contribution in [0.15, 0.2) is 0 Å². The number of hydrogen-bond donors (Lipinski definition) is 0. The first kappa shape index (κ1) is 34.4. The van der Waals surface area contributed by atoms with Gasteiger partial charge in [0.05, 0.1) is 0 Å². The maximum atomic E-state index is 0. The molecule has 0 spiro atoms. The SMILES string of the molecule is [AlH3].[Fe].[V].[V]. The summed E-state index contributed by atoms with van der Waals surface area (Å²) in [6, 6.07) is 0. The molecule has 0 amide bonds. The minimum atomic E-state index is 0. The molecule has 0 saturated carbocycles. The Kier molecular flexibility index (Phi) is 162. The van der Waals surface area contributed by atoms with Crippen molar-refractivity contribution in [2.24, 2.45) is 0 Å². The van der Waals surface area contributed by atoms with Crippen LogP contribution in [0.2, 0.25) is 0 Å². The summed E-state index contributed by atoms with van der Waals surface area (Å²) >= 11 is 0. The third kappa shape index (κ3) is 8.88. The Balaban J connectivity index is 0. The van der Waals surface area contributed by atoms with Crippen molar-refractivity contribution < 1.29 is 54.2 Å². The molecule has 0 aromatic rings. The fourth-order valence-electron chi connectivity index (χ4n) is 0. The second kappa shape index (κ2) is 18.9. The van der Waals surface area contributed by atoms with Gasteiger partial charge in [-0.2, -0.15) is 0 Å². The smallest absolute Gasteiger partial charge is 0 e. The van der Waals surface area contributed by atoms with Gasteiger partial charge in [0.2, 0.25) is 0 Å². The van der Waals surface area contributed by atoms with Crippen LogP contribution >= 0.6 is 0 Å². The van der Waals surface area contributed by atoms with Gasteiger partial charge in [-0.3, -0.25) is 0 Å². The van der Waals surface area contributed by atoms with Gasteiger partial charge in [-0.15, -0.1) is 0 Å². The average Bonchev–Trinajstić information content (AvgIpc) is 0. The summed E-state index contributed by atoms with van der Waals surface area (Å²) < 4.78 is 0. The van der Waals surface area contributed by atoms with Gasteiger partial charge in [-0.25, -0.2) is 0 Å². The van der Waals surface area contributed by atoms with Crippen molar-refractivity contribution in [3.05, 3.63) is 0 Å². The first-order valence-corrected chi connectivity index (χ1v) is 0. The Labute approximate surface area is 70.9 Å². The van der Waals surface area contributed by atoms with Gasteiger partial charge in [0.1, 0.15) is 0 Å². The Hall–Kier alpha value is 2.22. The van der Waals surface area contributed by atoms with E-state index in [9.17, 15) is 0 Å². The average molecular weight is 188 g/mol. The van der Waals surface area contributed by atoms with Crippen molar-refractivity contribution in [2.75, 3.05) is 0 Å². The molecule has 0 unspecified atom stereocenters. The van der Waals surface area contributed by atoms with Crippen molar-refractivity contribution >= 4 is 17.4 Å². The van der Waals surface area contributed by atoms with Gasteiger partial charge in [0, 0.05) is 54.2 Å². The van der Waals surface area contributed by atoms with E-state index in [-0.39, 0.29) is 71.5 Å². The van der Waals surface area contributed by atoms with Crippen LogP contribution in [0.3, 0.4) is 0 Å². The van der Waals surface area contributed by atoms with E-state index in [1.807, 2.05) is 0 Å². The Bertz CT molecular complexity index is 6.00. The first-order valence-electron chi connectivity index (χ1n) is 0. The van der Waals surface area contributed by atoms with Gasteiger partial charge in [0.15, 0.2) is 17.4 Å². The molecule has 0 aliphatic heterocycles. The molecule has 0 N–H and O–H groups in total. The van der Waals surface area contributed by atoms with E-state index in [0.29, 0.717) is 0 Å². The van der Waals surface area contributed by atoms with Crippen LogP contribution in [-0.2, 0) is 54.2 Å². The van der Waals surface area contributed by atoms with Crippen molar-refractivity contribution in [1.82, 2.24) is 0 Å². The number of rotatable bonds is 0. The summed E-state index contributed by atoms with van der Waals surface area (Å²) in [6.07, 6.45) is 0. The van der Waals surface area contributed by atoms with Gasteiger partial charge in [-0.1, -0.05) is 0 Å². The second-order valence-corrected chi connectivity index (χ2v) is 0. The monoisotopic (exact) mass is 188 g/mol. The standard InChI is InChI=1S/Al.Fe.2V.3H. The van der Waals surface area contributed by atoms with Crippen molar-refractivity contribution in [3.63, 3.8) is 0 Å². The largest absolute Gasteiger partial charge is 0.187 e.